The van der Waals surface area contributed by atoms with Crippen LogP contribution in [0, 0.1) is 6.92 Å². The van der Waals surface area contributed by atoms with Gasteiger partial charge in [0.1, 0.15) is 12.6 Å². The summed E-state index contributed by atoms with van der Waals surface area (Å²) < 4.78 is 69.2. The highest BCUT2D eigenvalue weighted by Gasteiger charge is 2.35. The summed E-state index contributed by atoms with van der Waals surface area (Å²) in [6, 6.07) is 12.8. The van der Waals surface area contributed by atoms with E-state index >= 15 is 0 Å². The number of hydrogen-bond donors (Lipinski definition) is 1. The molecule has 0 bridgehead atoms. The van der Waals surface area contributed by atoms with Crippen LogP contribution in [0.25, 0.3) is 0 Å². The Morgan fingerprint density at radius 2 is 1.60 bits per heavy atom. The Balaban J connectivity index is 2.10. The summed E-state index contributed by atoms with van der Waals surface area (Å²) in [7, 11) is -4.54. The minimum atomic E-state index is -4.76. The third-order valence-corrected chi connectivity index (χ3v) is 9.38. The molecular formula is C30H32Cl2F3N3O4S. The molecule has 2 amide bonds. The number of rotatable bonds is 11. The van der Waals surface area contributed by atoms with Gasteiger partial charge in [0.05, 0.1) is 26.2 Å². The van der Waals surface area contributed by atoms with Gasteiger partial charge >= 0.3 is 6.18 Å². The maximum absolute atomic E-state index is 14.0. The highest BCUT2D eigenvalue weighted by molar-refractivity contribution is 7.92. The summed E-state index contributed by atoms with van der Waals surface area (Å²) in [5.74, 6) is -1.32. The van der Waals surface area contributed by atoms with Gasteiger partial charge in [-0.3, -0.25) is 13.9 Å². The molecule has 0 saturated heterocycles. The molecule has 3 aromatic carbocycles. The molecule has 0 saturated carbocycles. The molecule has 0 aliphatic rings. The Morgan fingerprint density at radius 1 is 0.953 bits per heavy atom. The van der Waals surface area contributed by atoms with Crippen molar-refractivity contribution < 1.29 is 31.2 Å². The number of sulfonamides is 1. The lowest BCUT2D eigenvalue weighted by atomic mass is 10.1. The van der Waals surface area contributed by atoms with Gasteiger partial charge in [-0.1, -0.05) is 60.0 Å². The highest BCUT2D eigenvalue weighted by atomic mass is 35.5. The van der Waals surface area contributed by atoms with Crippen LogP contribution >= 0.6 is 23.2 Å². The molecule has 3 aromatic rings. The molecule has 0 aromatic heterocycles. The van der Waals surface area contributed by atoms with Crippen LogP contribution < -0.4 is 9.62 Å². The molecule has 0 aliphatic heterocycles. The van der Waals surface area contributed by atoms with Crippen molar-refractivity contribution in [3.05, 3.63) is 93.5 Å². The van der Waals surface area contributed by atoms with Crippen molar-refractivity contribution in [3.8, 4) is 0 Å². The van der Waals surface area contributed by atoms with E-state index < -0.39 is 46.2 Å². The lowest BCUT2D eigenvalue weighted by Crippen LogP contribution is -2.52. The minimum Gasteiger partial charge on any atom is -0.352 e. The molecular weight excluding hydrogens is 626 g/mol. The van der Waals surface area contributed by atoms with E-state index in [9.17, 15) is 31.2 Å². The molecule has 0 aliphatic carbocycles. The van der Waals surface area contributed by atoms with E-state index in [0.29, 0.717) is 22.4 Å². The summed E-state index contributed by atoms with van der Waals surface area (Å²) in [4.78, 5) is 28.0. The SMILES string of the molecule is CC[C@H](C)NC(=O)[C@H](C)N(Cc1ccc(Cl)c(Cl)c1)C(=O)CN(c1cccc(C(F)(F)F)c1)S(=O)(=O)c1ccc(C)cc1. The first kappa shape index (κ1) is 34.2. The fraction of sp³-hybridized carbons (Fsp3) is 0.333. The van der Waals surface area contributed by atoms with Gasteiger partial charge in [0.15, 0.2) is 0 Å². The van der Waals surface area contributed by atoms with Crippen molar-refractivity contribution in [2.45, 2.75) is 63.8 Å². The van der Waals surface area contributed by atoms with Crippen molar-refractivity contribution >= 4 is 50.7 Å². The zero-order valence-corrected chi connectivity index (χ0v) is 26.3. The Labute approximate surface area is 259 Å². The summed E-state index contributed by atoms with van der Waals surface area (Å²) in [6.07, 6.45) is -4.14. The van der Waals surface area contributed by atoms with Gasteiger partial charge in [-0.25, -0.2) is 8.42 Å². The normalized spacial score (nSPS) is 13.2. The zero-order chi connectivity index (χ0) is 32.1. The van der Waals surface area contributed by atoms with Crippen molar-refractivity contribution in [3.63, 3.8) is 0 Å². The molecule has 232 valence electrons. The van der Waals surface area contributed by atoms with E-state index in [2.05, 4.69) is 5.32 Å². The van der Waals surface area contributed by atoms with Crippen LogP contribution in [0.3, 0.4) is 0 Å². The van der Waals surface area contributed by atoms with Crippen LogP contribution in [-0.2, 0) is 32.3 Å². The van der Waals surface area contributed by atoms with Crippen LogP contribution in [0.15, 0.2) is 71.6 Å². The van der Waals surface area contributed by atoms with Crippen LogP contribution in [0.4, 0.5) is 18.9 Å². The first-order chi connectivity index (χ1) is 20.0. The van der Waals surface area contributed by atoms with Gasteiger partial charge in [0, 0.05) is 12.6 Å². The lowest BCUT2D eigenvalue weighted by molar-refractivity contribution is -0.139. The molecule has 13 heteroatoms. The maximum atomic E-state index is 14.0. The van der Waals surface area contributed by atoms with Crippen LogP contribution in [0.2, 0.25) is 10.0 Å². The molecule has 43 heavy (non-hydrogen) atoms. The largest absolute Gasteiger partial charge is 0.416 e. The third kappa shape index (κ3) is 8.64. The number of nitrogens with one attached hydrogen (secondary N) is 1. The van der Waals surface area contributed by atoms with E-state index in [1.165, 1.54) is 49.4 Å². The van der Waals surface area contributed by atoms with E-state index in [-0.39, 0.29) is 33.2 Å². The molecule has 2 atom stereocenters. The third-order valence-electron chi connectivity index (χ3n) is 6.85. The van der Waals surface area contributed by atoms with Gasteiger partial charge in [-0.05, 0) is 75.2 Å². The second kappa shape index (κ2) is 14.0. The second-order valence-electron chi connectivity index (χ2n) is 10.1. The van der Waals surface area contributed by atoms with E-state index in [1.807, 2.05) is 6.92 Å². The number of aryl methyl sites for hydroxylation is 1. The molecule has 0 unspecified atom stereocenters. The van der Waals surface area contributed by atoms with E-state index in [4.69, 9.17) is 23.2 Å². The smallest absolute Gasteiger partial charge is 0.352 e. The number of anilines is 1. The Bertz CT molecular complexity index is 1570. The zero-order valence-electron chi connectivity index (χ0n) is 24.0. The summed E-state index contributed by atoms with van der Waals surface area (Å²) in [5.41, 5.74) is -0.196. The first-order valence-corrected chi connectivity index (χ1v) is 15.5. The fourth-order valence-electron chi connectivity index (χ4n) is 4.09. The topological polar surface area (TPSA) is 86.8 Å². The van der Waals surface area contributed by atoms with Gasteiger partial charge in [0.25, 0.3) is 10.0 Å². The number of nitrogens with zero attached hydrogens (tertiary/aromatic N) is 2. The molecule has 0 heterocycles. The first-order valence-electron chi connectivity index (χ1n) is 13.3. The second-order valence-corrected chi connectivity index (χ2v) is 12.8. The molecule has 1 N–H and O–H groups in total. The summed E-state index contributed by atoms with van der Waals surface area (Å²) in [5, 5.41) is 3.28. The molecule has 7 nitrogen and oxygen atoms in total. The number of carbonyl (C=O) groups is 2. The number of carbonyl (C=O) groups excluding carboxylic acids is 2. The fourth-order valence-corrected chi connectivity index (χ4v) is 5.81. The number of alkyl halides is 3. The van der Waals surface area contributed by atoms with E-state index in [1.54, 1.807) is 19.9 Å². The monoisotopic (exact) mass is 657 g/mol. The predicted molar refractivity (Wildman–Crippen MR) is 162 cm³/mol. The Hall–Kier alpha value is -3.28. The maximum Gasteiger partial charge on any atom is 0.416 e. The van der Waals surface area contributed by atoms with Gasteiger partial charge in [-0.2, -0.15) is 13.2 Å². The number of benzene rings is 3. The molecule has 0 radical (unpaired) electrons. The van der Waals surface area contributed by atoms with Crippen molar-refractivity contribution in [1.29, 1.82) is 0 Å². The summed E-state index contributed by atoms with van der Waals surface area (Å²) in [6.45, 7) is 5.84. The lowest BCUT2D eigenvalue weighted by Gasteiger charge is -2.32. The molecule has 0 fully saturated rings. The quantitative estimate of drug-likeness (QED) is 0.244. The molecule has 3 rings (SSSR count). The standard InChI is InChI=1S/C30H32Cl2F3N3O4S/c1-5-20(3)36-29(40)21(4)37(17-22-11-14-26(31)27(32)15-22)28(39)18-38(24-8-6-7-23(16-24)30(33,34)35)43(41,42)25-12-9-19(2)10-13-25/h6-16,20-21H,5,17-18H2,1-4H3,(H,36,40)/t20-,21-/m0/s1. The average Bonchev–Trinajstić information content (AvgIpc) is 2.95. The van der Waals surface area contributed by atoms with Crippen LogP contribution in [-0.4, -0.2) is 43.8 Å². The summed E-state index contributed by atoms with van der Waals surface area (Å²) >= 11 is 12.2. The Kier molecular flexibility index (Phi) is 11.1. The Morgan fingerprint density at radius 3 is 2.19 bits per heavy atom. The van der Waals surface area contributed by atoms with Gasteiger partial charge in [-0.15, -0.1) is 0 Å². The molecule has 0 spiro atoms. The van der Waals surface area contributed by atoms with Crippen LogP contribution in [0.5, 0.6) is 0 Å². The van der Waals surface area contributed by atoms with Crippen molar-refractivity contribution in [1.82, 2.24) is 10.2 Å². The van der Waals surface area contributed by atoms with Crippen molar-refractivity contribution in [2.24, 2.45) is 0 Å². The minimum absolute atomic E-state index is 0.161. The van der Waals surface area contributed by atoms with Gasteiger partial charge in [0.2, 0.25) is 11.8 Å². The predicted octanol–water partition coefficient (Wildman–Crippen LogP) is 6.85. The number of amides is 2. The van der Waals surface area contributed by atoms with Crippen LogP contribution in [0.1, 0.15) is 43.9 Å². The van der Waals surface area contributed by atoms with Crippen molar-refractivity contribution in [2.75, 3.05) is 10.8 Å². The average molecular weight is 659 g/mol. The highest BCUT2D eigenvalue weighted by Crippen LogP contribution is 2.33. The van der Waals surface area contributed by atoms with E-state index in [0.717, 1.165) is 22.6 Å². The number of hydrogen-bond acceptors (Lipinski definition) is 4. The van der Waals surface area contributed by atoms with Gasteiger partial charge < -0.3 is 10.2 Å². The number of halogens is 5.